The van der Waals surface area contributed by atoms with Crippen LogP contribution in [0, 0.1) is 13.8 Å². The molecule has 2 amide bonds. The Morgan fingerprint density at radius 2 is 1.96 bits per heavy atom. The van der Waals surface area contributed by atoms with Gasteiger partial charge in [-0.05, 0) is 45.7 Å². The van der Waals surface area contributed by atoms with Crippen LogP contribution in [0.3, 0.4) is 0 Å². The molecule has 7 nitrogen and oxygen atoms in total. The molecule has 3 heterocycles. The molecule has 0 saturated carbocycles. The molecule has 2 saturated heterocycles. The zero-order valence-electron chi connectivity index (χ0n) is 16.5. The molecule has 1 N–H and O–H groups in total. The molecule has 0 unspecified atom stereocenters. The summed E-state index contributed by atoms with van der Waals surface area (Å²) in [5.74, 6) is 0.422. The van der Waals surface area contributed by atoms with Crippen molar-refractivity contribution in [3.8, 4) is 0 Å². The van der Waals surface area contributed by atoms with E-state index in [-0.39, 0.29) is 17.4 Å². The Labute approximate surface area is 155 Å². The first-order valence-electron chi connectivity index (χ1n) is 9.56. The molecule has 144 valence electrons. The van der Waals surface area contributed by atoms with Gasteiger partial charge in [-0.1, -0.05) is 0 Å². The van der Waals surface area contributed by atoms with Gasteiger partial charge < -0.3 is 9.80 Å². The monoisotopic (exact) mass is 361 g/mol. The van der Waals surface area contributed by atoms with Gasteiger partial charge >= 0.3 is 0 Å². The highest BCUT2D eigenvalue weighted by Crippen LogP contribution is 2.32. The lowest BCUT2D eigenvalue weighted by molar-refractivity contribution is -0.136. The van der Waals surface area contributed by atoms with E-state index in [0.29, 0.717) is 12.8 Å². The Morgan fingerprint density at radius 3 is 2.65 bits per heavy atom. The van der Waals surface area contributed by atoms with Crippen LogP contribution in [0.25, 0.3) is 0 Å². The topological polar surface area (TPSA) is 72.5 Å². The van der Waals surface area contributed by atoms with Crippen LogP contribution in [-0.4, -0.2) is 82.5 Å². The predicted octanol–water partition coefficient (Wildman–Crippen LogP) is 1.11. The molecule has 2 aliphatic rings. The number of carbonyl (C=O) groups excluding carboxylic acids is 2. The van der Waals surface area contributed by atoms with Crippen molar-refractivity contribution in [2.75, 3.05) is 40.3 Å². The molecule has 0 radical (unpaired) electrons. The van der Waals surface area contributed by atoms with Gasteiger partial charge in [0.1, 0.15) is 0 Å². The van der Waals surface area contributed by atoms with E-state index in [2.05, 4.69) is 22.1 Å². The van der Waals surface area contributed by atoms with Crippen LogP contribution in [0.15, 0.2) is 0 Å². The molecule has 1 aromatic heterocycles. The summed E-state index contributed by atoms with van der Waals surface area (Å²) < 4.78 is 0. The average molecular weight is 361 g/mol. The van der Waals surface area contributed by atoms with Crippen LogP contribution in [0.5, 0.6) is 0 Å². The molecule has 7 heteroatoms. The number of aromatic nitrogens is 2. The molecule has 0 aromatic carbocycles. The van der Waals surface area contributed by atoms with Gasteiger partial charge in [-0.3, -0.25) is 19.6 Å². The Hall–Kier alpha value is -1.89. The maximum absolute atomic E-state index is 12.9. The zero-order valence-corrected chi connectivity index (χ0v) is 16.5. The van der Waals surface area contributed by atoms with E-state index in [1.54, 1.807) is 0 Å². The lowest BCUT2D eigenvalue weighted by atomic mass is 9.86. The van der Waals surface area contributed by atoms with E-state index in [0.717, 1.165) is 62.4 Å². The van der Waals surface area contributed by atoms with Gasteiger partial charge in [-0.25, -0.2) is 0 Å². The summed E-state index contributed by atoms with van der Waals surface area (Å²) in [7, 11) is 4.01. The van der Waals surface area contributed by atoms with E-state index < -0.39 is 0 Å². The Bertz CT molecular complexity index is 666. The third kappa shape index (κ3) is 3.63. The molecule has 2 fully saturated rings. The third-order valence-corrected chi connectivity index (χ3v) is 6.37. The summed E-state index contributed by atoms with van der Waals surface area (Å²) in [5, 5.41) is 7.21. The van der Waals surface area contributed by atoms with Crippen molar-refractivity contribution in [1.82, 2.24) is 24.9 Å². The Kier molecular flexibility index (Phi) is 5.37. The number of nitrogens with zero attached hydrogens (tertiary/aromatic N) is 4. The minimum atomic E-state index is -0.0736. The van der Waals surface area contributed by atoms with Gasteiger partial charge in [0.2, 0.25) is 11.8 Å². The SMILES string of the molecule is Cc1n[nH]c(C)c1CCC(=O)N1CCN(C)[C@@]2(CCC(=O)N(C)CC2)C1. The fourth-order valence-electron chi connectivity index (χ4n) is 4.30. The molecule has 1 atom stereocenters. The molecule has 26 heavy (non-hydrogen) atoms. The number of likely N-dealkylation sites (N-methyl/N-ethyl adjacent to an activating group) is 1. The maximum Gasteiger partial charge on any atom is 0.223 e. The Balaban J connectivity index is 1.65. The summed E-state index contributed by atoms with van der Waals surface area (Å²) >= 11 is 0. The normalized spacial score (nSPS) is 25.0. The summed E-state index contributed by atoms with van der Waals surface area (Å²) in [6.07, 6.45) is 3.57. The van der Waals surface area contributed by atoms with E-state index in [4.69, 9.17) is 0 Å². The molecular formula is C19H31N5O2. The van der Waals surface area contributed by atoms with E-state index in [9.17, 15) is 9.59 Å². The average Bonchev–Trinajstić information content (AvgIpc) is 2.87. The number of aromatic amines is 1. The van der Waals surface area contributed by atoms with Crippen molar-refractivity contribution in [2.45, 2.75) is 51.5 Å². The highest BCUT2D eigenvalue weighted by Gasteiger charge is 2.42. The van der Waals surface area contributed by atoms with Crippen molar-refractivity contribution < 1.29 is 9.59 Å². The van der Waals surface area contributed by atoms with Crippen LogP contribution in [0.1, 0.15) is 42.6 Å². The highest BCUT2D eigenvalue weighted by atomic mass is 16.2. The number of aryl methyl sites for hydroxylation is 2. The molecule has 0 aliphatic carbocycles. The molecule has 1 spiro atoms. The van der Waals surface area contributed by atoms with Crippen molar-refractivity contribution in [2.24, 2.45) is 0 Å². The number of carbonyl (C=O) groups is 2. The first kappa shape index (κ1) is 18.9. The summed E-state index contributed by atoms with van der Waals surface area (Å²) in [5.41, 5.74) is 3.12. The van der Waals surface area contributed by atoms with Gasteiger partial charge in [0, 0.05) is 57.3 Å². The summed E-state index contributed by atoms with van der Waals surface area (Å²) in [6, 6.07) is 0. The molecule has 3 rings (SSSR count). The lowest BCUT2D eigenvalue weighted by Crippen LogP contribution is -2.62. The van der Waals surface area contributed by atoms with Gasteiger partial charge in [-0.15, -0.1) is 0 Å². The first-order valence-corrected chi connectivity index (χ1v) is 9.56. The van der Waals surface area contributed by atoms with Crippen LogP contribution in [0.2, 0.25) is 0 Å². The number of hydrogen-bond donors (Lipinski definition) is 1. The van der Waals surface area contributed by atoms with Crippen molar-refractivity contribution in [3.05, 3.63) is 17.0 Å². The van der Waals surface area contributed by atoms with Crippen LogP contribution in [-0.2, 0) is 16.0 Å². The van der Waals surface area contributed by atoms with E-state index >= 15 is 0 Å². The largest absolute Gasteiger partial charge is 0.346 e. The number of likely N-dealkylation sites (tertiary alicyclic amines) is 1. The molecule has 0 bridgehead atoms. The Morgan fingerprint density at radius 1 is 1.19 bits per heavy atom. The van der Waals surface area contributed by atoms with Crippen molar-refractivity contribution in [1.29, 1.82) is 0 Å². The fraction of sp³-hybridized carbons (Fsp3) is 0.737. The van der Waals surface area contributed by atoms with E-state index in [1.807, 2.05) is 30.7 Å². The quantitative estimate of drug-likeness (QED) is 0.875. The summed E-state index contributed by atoms with van der Waals surface area (Å²) in [6.45, 7) is 7.11. The lowest BCUT2D eigenvalue weighted by Gasteiger charge is -2.49. The zero-order chi connectivity index (χ0) is 18.9. The summed E-state index contributed by atoms with van der Waals surface area (Å²) in [4.78, 5) is 31.2. The van der Waals surface area contributed by atoms with Crippen LogP contribution in [0.4, 0.5) is 0 Å². The molecule has 2 aliphatic heterocycles. The van der Waals surface area contributed by atoms with Gasteiger partial charge in [-0.2, -0.15) is 5.10 Å². The van der Waals surface area contributed by atoms with Crippen molar-refractivity contribution in [3.63, 3.8) is 0 Å². The fourth-order valence-corrected chi connectivity index (χ4v) is 4.30. The number of piperazine rings is 1. The third-order valence-electron chi connectivity index (χ3n) is 6.37. The smallest absolute Gasteiger partial charge is 0.223 e. The highest BCUT2D eigenvalue weighted by molar-refractivity contribution is 5.77. The van der Waals surface area contributed by atoms with Gasteiger partial charge in [0.15, 0.2) is 0 Å². The van der Waals surface area contributed by atoms with Crippen molar-refractivity contribution >= 4 is 11.8 Å². The predicted molar refractivity (Wildman–Crippen MR) is 99.8 cm³/mol. The standard InChI is InChI=1S/C19H31N5O2/c1-14-16(15(2)21-20-14)5-6-18(26)24-12-11-23(4)19(13-24)8-7-17(25)22(3)10-9-19/h5-13H2,1-4H3,(H,20,21)/t19-/m1/s1. The minimum absolute atomic E-state index is 0.0736. The second kappa shape index (κ2) is 7.39. The van der Waals surface area contributed by atoms with Gasteiger partial charge in [0.05, 0.1) is 5.69 Å². The number of rotatable bonds is 3. The number of hydrogen-bond acceptors (Lipinski definition) is 4. The number of nitrogens with one attached hydrogen (secondary N) is 1. The minimum Gasteiger partial charge on any atom is -0.346 e. The van der Waals surface area contributed by atoms with Crippen LogP contribution < -0.4 is 0 Å². The van der Waals surface area contributed by atoms with Gasteiger partial charge in [0.25, 0.3) is 0 Å². The van der Waals surface area contributed by atoms with Crippen LogP contribution >= 0.6 is 0 Å². The van der Waals surface area contributed by atoms with E-state index in [1.165, 1.54) is 0 Å². The molecular weight excluding hydrogens is 330 g/mol. The second-order valence-electron chi connectivity index (χ2n) is 7.94. The second-order valence-corrected chi connectivity index (χ2v) is 7.94. The molecule has 1 aromatic rings. The number of H-pyrrole nitrogens is 1. The number of amides is 2. The first-order chi connectivity index (χ1) is 12.3. The maximum atomic E-state index is 12.9.